The number of imidazole rings is 1. The van der Waals surface area contributed by atoms with E-state index in [0.717, 1.165) is 17.2 Å². The molecule has 2 heterocycles. The third kappa shape index (κ3) is 2.45. The van der Waals surface area contributed by atoms with Gasteiger partial charge in [-0.15, -0.1) is 0 Å². The molecule has 0 atom stereocenters. The summed E-state index contributed by atoms with van der Waals surface area (Å²) < 4.78 is 2.00. The van der Waals surface area contributed by atoms with Crippen molar-refractivity contribution in [2.75, 3.05) is 11.9 Å². The van der Waals surface area contributed by atoms with Gasteiger partial charge in [-0.1, -0.05) is 6.07 Å². The lowest BCUT2D eigenvalue weighted by Crippen LogP contribution is -2.22. The van der Waals surface area contributed by atoms with Gasteiger partial charge in [-0.3, -0.25) is 0 Å². The summed E-state index contributed by atoms with van der Waals surface area (Å²) >= 11 is 0. The van der Waals surface area contributed by atoms with Crippen molar-refractivity contribution in [2.24, 2.45) is 12.8 Å². The van der Waals surface area contributed by atoms with Crippen molar-refractivity contribution in [3.63, 3.8) is 0 Å². The fourth-order valence-electron chi connectivity index (χ4n) is 1.77. The van der Waals surface area contributed by atoms with Crippen molar-refractivity contribution < 1.29 is 0 Å². The van der Waals surface area contributed by atoms with Gasteiger partial charge in [0, 0.05) is 44.8 Å². The average molecular weight is 231 g/mol. The van der Waals surface area contributed by atoms with Crippen LogP contribution in [-0.4, -0.2) is 21.6 Å². The van der Waals surface area contributed by atoms with E-state index < -0.39 is 0 Å². The summed E-state index contributed by atoms with van der Waals surface area (Å²) in [6.07, 6.45) is 5.51. The number of hydrogen-bond donors (Lipinski definition) is 1. The van der Waals surface area contributed by atoms with E-state index in [9.17, 15) is 0 Å². The molecule has 0 saturated heterocycles. The van der Waals surface area contributed by atoms with Crippen molar-refractivity contribution in [1.29, 1.82) is 0 Å². The molecule has 0 fully saturated rings. The van der Waals surface area contributed by atoms with E-state index in [1.54, 1.807) is 12.4 Å². The molecule has 0 aliphatic carbocycles. The molecule has 0 spiro atoms. The number of anilines is 1. The second-order valence-electron chi connectivity index (χ2n) is 4.00. The van der Waals surface area contributed by atoms with Crippen molar-refractivity contribution in [1.82, 2.24) is 14.5 Å². The zero-order valence-corrected chi connectivity index (χ0v) is 10.2. The summed E-state index contributed by atoms with van der Waals surface area (Å²) in [5.74, 6) is 1.92. The van der Waals surface area contributed by atoms with Crippen LogP contribution in [0.25, 0.3) is 0 Å². The summed E-state index contributed by atoms with van der Waals surface area (Å²) in [5.41, 5.74) is 6.75. The molecule has 2 N–H and O–H groups in total. The van der Waals surface area contributed by atoms with Crippen LogP contribution in [0.4, 0.5) is 5.82 Å². The number of aromatic nitrogens is 3. The molecule has 0 aromatic carbocycles. The number of nitrogens with two attached hydrogens (primary N) is 1. The Morgan fingerprint density at radius 1 is 1.35 bits per heavy atom. The number of nitrogens with zero attached hydrogens (tertiary/aromatic N) is 4. The van der Waals surface area contributed by atoms with Crippen molar-refractivity contribution in [3.05, 3.63) is 42.1 Å². The quantitative estimate of drug-likeness (QED) is 0.849. The second kappa shape index (κ2) is 4.97. The molecule has 0 unspecified atom stereocenters. The van der Waals surface area contributed by atoms with Crippen LogP contribution >= 0.6 is 0 Å². The van der Waals surface area contributed by atoms with E-state index in [1.165, 1.54) is 0 Å². The Labute approximate surface area is 101 Å². The molecule has 2 aromatic heterocycles. The first-order valence-electron chi connectivity index (χ1n) is 5.53. The van der Waals surface area contributed by atoms with E-state index in [1.807, 2.05) is 37.0 Å². The maximum atomic E-state index is 5.70. The summed E-state index contributed by atoms with van der Waals surface area (Å²) in [4.78, 5) is 10.7. The Morgan fingerprint density at radius 3 is 2.82 bits per heavy atom. The molecule has 0 aliphatic heterocycles. The highest BCUT2D eigenvalue weighted by Gasteiger charge is 2.09. The number of rotatable bonds is 4. The highest BCUT2D eigenvalue weighted by molar-refractivity contribution is 5.45. The standard InChI is InChI=1S/C12H17N5/c1-16-7-6-14-11(16)9-17(2)12-10(8-13)4-3-5-15-12/h3-7H,8-9,13H2,1-2H3. The van der Waals surface area contributed by atoms with E-state index >= 15 is 0 Å². The maximum Gasteiger partial charge on any atom is 0.133 e. The summed E-state index contributed by atoms with van der Waals surface area (Å²) in [6, 6.07) is 3.90. The molecule has 90 valence electrons. The largest absolute Gasteiger partial charge is 0.352 e. The Bertz CT molecular complexity index is 491. The molecule has 0 radical (unpaired) electrons. The Hall–Kier alpha value is -1.88. The van der Waals surface area contributed by atoms with Gasteiger partial charge < -0.3 is 15.2 Å². The molecule has 2 aromatic rings. The molecule has 0 bridgehead atoms. The number of hydrogen-bond acceptors (Lipinski definition) is 4. The molecule has 5 heteroatoms. The molecule has 17 heavy (non-hydrogen) atoms. The SMILES string of the molecule is CN(Cc1nccn1C)c1ncccc1CN. The first-order chi connectivity index (χ1) is 8.22. The van der Waals surface area contributed by atoms with Gasteiger partial charge in [-0.25, -0.2) is 9.97 Å². The van der Waals surface area contributed by atoms with Crippen LogP contribution in [0, 0.1) is 0 Å². The van der Waals surface area contributed by atoms with Crippen LogP contribution in [0.3, 0.4) is 0 Å². The maximum absolute atomic E-state index is 5.70. The van der Waals surface area contributed by atoms with E-state index in [-0.39, 0.29) is 0 Å². The molecular formula is C12H17N5. The minimum Gasteiger partial charge on any atom is -0.352 e. The van der Waals surface area contributed by atoms with Gasteiger partial charge in [0.2, 0.25) is 0 Å². The molecule has 2 rings (SSSR count). The van der Waals surface area contributed by atoms with Gasteiger partial charge >= 0.3 is 0 Å². The first kappa shape index (κ1) is 11.6. The van der Waals surface area contributed by atoms with Gasteiger partial charge in [0.1, 0.15) is 11.6 Å². The van der Waals surface area contributed by atoms with Gasteiger partial charge in [-0.2, -0.15) is 0 Å². The molecular weight excluding hydrogens is 214 g/mol. The predicted octanol–water partition coefficient (Wildman–Crippen LogP) is 0.910. The van der Waals surface area contributed by atoms with Gasteiger partial charge in [0.25, 0.3) is 0 Å². The monoisotopic (exact) mass is 231 g/mol. The van der Waals surface area contributed by atoms with Crippen LogP contribution in [0.1, 0.15) is 11.4 Å². The van der Waals surface area contributed by atoms with Crippen molar-refractivity contribution >= 4 is 5.82 Å². The summed E-state index contributed by atoms with van der Waals surface area (Å²) in [7, 11) is 3.98. The minimum atomic E-state index is 0.494. The zero-order chi connectivity index (χ0) is 12.3. The lowest BCUT2D eigenvalue weighted by atomic mass is 10.2. The first-order valence-corrected chi connectivity index (χ1v) is 5.53. The van der Waals surface area contributed by atoms with E-state index in [2.05, 4.69) is 14.9 Å². The summed E-state index contributed by atoms with van der Waals surface area (Å²) in [5, 5.41) is 0. The third-order valence-corrected chi connectivity index (χ3v) is 2.75. The predicted molar refractivity (Wildman–Crippen MR) is 67.4 cm³/mol. The smallest absolute Gasteiger partial charge is 0.133 e. The van der Waals surface area contributed by atoms with Crippen molar-refractivity contribution in [3.8, 4) is 0 Å². The lowest BCUT2D eigenvalue weighted by Gasteiger charge is -2.20. The summed E-state index contributed by atoms with van der Waals surface area (Å²) in [6.45, 7) is 1.21. The Balaban J connectivity index is 2.20. The lowest BCUT2D eigenvalue weighted by molar-refractivity contribution is 0.751. The van der Waals surface area contributed by atoms with Crippen molar-refractivity contribution in [2.45, 2.75) is 13.1 Å². The van der Waals surface area contributed by atoms with Crippen LogP contribution in [0.2, 0.25) is 0 Å². The number of aryl methyl sites for hydroxylation is 1. The molecule has 5 nitrogen and oxygen atoms in total. The highest BCUT2D eigenvalue weighted by atomic mass is 15.2. The van der Waals surface area contributed by atoms with Crippen LogP contribution in [0.15, 0.2) is 30.7 Å². The molecule has 0 aliphatic rings. The normalized spacial score (nSPS) is 10.5. The minimum absolute atomic E-state index is 0.494. The average Bonchev–Trinajstić information content (AvgIpc) is 2.75. The molecule has 0 amide bonds. The van der Waals surface area contributed by atoms with E-state index in [0.29, 0.717) is 13.1 Å². The topological polar surface area (TPSA) is 60.0 Å². The van der Waals surface area contributed by atoms with Gasteiger partial charge in [0.15, 0.2) is 0 Å². The van der Waals surface area contributed by atoms with E-state index in [4.69, 9.17) is 5.73 Å². The van der Waals surface area contributed by atoms with Crippen LogP contribution < -0.4 is 10.6 Å². The molecule has 0 saturated carbocycles. The Morgan fingerprint density at radius 2 is 2.18 bits per heavy atom. The third-order valence-electron chi connectivity index (χ3n) is 2.75. The zero-order valence-electron chi connectivity index (χ0n) is 10.2. The highest BCUT2D eigenvalue weighted by Crippen LogP contribution is 2.16. The second-order valence-corrected chi connectivity index (χ2v) is 4.00. The van der Waals surface area contributed by atoms with Crippen LogP contribution in [0.5, 0.6) is 0 Å². The van der Waals surface area contributed by atoms with Crippen LogP contribution in [-0.2, 0) is 20.1 Å². The Kier molecular flexibility index (Phi) is 3.39. The van der Waals surface area contributed by atoms with Gasteiger partial charge in [0.05, 0.1) is 6.54 Å². The fourth-order valence-corrected chi connectivity index (χ4v) is 1.77. The fraction of sp³-hybridized carbons (Fsp3) is 0.333. The number of pyridine rings is 1. The van der Waals surface area contributed by atoms with Gasteiger partial charge in [-0.05, 0) is 6.07 Å².